The van der Waals surface area contributed by atoms with Gasteiger partial charge in [-0.05, 0) is 99.8 Å². The van der Waals surface area contributed by atoms with E-state index in [0.717, 1.165) is 44.6 Å². The van der Waals surface area contributed by atoms with Crippen molar-refractivity contribution < 1.29 is 36.2 Å². The molecule has 0 aromatic heterocycles. The molecular weight excluding hydrogens is 503 g/mol. The lowest BCUT2D eigenvalue weighted by molar-refractivity contribution is -0.0906. The van der Waals surface area contributed by atoms with E-state index >= 15 is 0 Å². The molecule has 0 heterocycles. The maximum atomic E-state index is 14.9. The number of alkyl halides is 2. The molecule has 2 aliphatic carbocycles. The molecule has 2 aliphatic rings. The first-order chi connectivity index (χ1) is 18.2. The number of methoxy groups -OCH3 is 1. The molecule has 210 valence electrons. The van der Waals surface area contributed by atoms with Crippen molar-refractivity contribution in [1.82, 2.24) is 0 Å². The van der Waals surface area contributed by atoms with E-state index in [4.69, 9.17) is 14.2 Å². The summed E-state index contributed by atoms with van der Waals surface area (Å²) in [7, 11) is 1.31. The molecule has 4 rings (SSSR count). The molecule has 0 bridgehead atoms. The molecule has 2 fully saturated rings. The lowest BCUT2D eigenvalue weighted by Crippen LogP contribution is -2.35. The van der Waals surface area contributed by atoms with Gasteiger partial charge in [-0.1, -0.05) is 6.07 Å². The summed E-state index contributed by atoms with van der Waals surface area (Å²) in [4.78, 5) is 0. The van der Waals surface area contributed by atoms with Crippen molar-refractivity contribution in [3.63, 3.8) is 0 Å². The van der Waals surface area contributed by atoms with Crippen LogP contribution in [0.5, 0.6) is 17.2 Å². The predicted molar refractivity (Wildman–Crippen MR) is 136 cm³/mol. The van der Waals surface area contributed by atoms with Gasteiger partial charge in [-0.3, -0.25) is 0 Å². The molecule has 0 saturated heterocycles. The third kappa shape index (κ3) is 6.55. The van der Waals surface area contributed by atoms with Crippen LogP contribution < -0.4 is 14.2 Å². The van der Waals surface area contributed by atoms with Gasteiger partial charge in [-0.15, -0.1) is 0 Å². The second kappa shape index (κ2) is 12.6. The topological polar surface area (TPSA) is 27.7 Å². The molecule has 0 amide bonds. The highest BCUT2D eigenvalue weighted by Crippen LogP contribution is 2.47. The Kier molecular flexibility index (Phi) is 9.42. The van der Waals surface area contributed by atoms with E-state index in [1.165, 1.54) is 25.3 Å². The zero-order valence-electron chi connectivity index (χ0n) is 22.1. The van der Waals surface area contributed by atoms with Crippen molar-refractivity contribution in [3.05, 3.63) is 53.3 Å². The van der Waals surface area contributed by atoms with Crippen LogP contribution in [-0.2, 0) is 0 Å². The van der Waals surface area contributed by atoms with Crippen molar-refractivity contribution in [2.75, 3.05) is 20.3 Å². The molecule has 2 saturated carbocycles. The monoisotopic (exact) mass is 540 g/mol. The van der Waals surface area contributed by atoms with Crippen molar-refractivity contribution in [3.8, 4) is 17.2 Å². The van der Waals surface area contributed by atoms with E-state index < -0.39 is 35.7 Å². The zero-order valence-corrected chi connectivity index (χ0v) is 22.1. The van der Waals surface area contributed by atoms with E-state index in [1.807, 2.05) is 0 Å². The Labute approximate surface area is 221 Å². The smallest absolute Gasteiger partial charge is 0.254 e. The van der Waals surface area contributed by atoms with E-state index in [0.29, 0.717) is 36.8 Å². The number of hydrogen-bond donors (Lipinski definition) is 0. The molecule has 0 spiro atoms. The quantitative estimate of drug-likeness (QED) is 0.282. The first kappa shape index (κ1) is 28.5. The Bertz CT molecular complexity index is 1060. The Balaban J connectivity index is 1.22. The van der Waals surface area contributed by atoms with Crippen molar-refractivity contribution in [2.24, 2.45) is 17.8 Å². The standard InChI is InChI=1S/C30H37F5O3/c1-3-37-26-14-12-23(18-25(26)31)38-17-16-30(34,35)22-10-8-20(9-11-22)19-4-6-21(7-5-19)24-13-15-27(36-2)29(33)28(24)32/h12-15,18-22H,3-11,16-17H2,1-2H3. The molecule has 0 radical (unpaired) electrons. The second-order valence-corrected chi connectivity index (χ2v) is 10.6. The molecule has 2 aromatic carbocycles. The fraction of sp³-hybridized carbons (Fsp3) is 0.600. The largest absolute Gasteiger partial charge is 0.494 e. The molecule has 0 unspecified atom stereocenters. The summed E-state index contributed by atoms with van der Waals surface area (Å²) >= 11 is 0. The molecule has 2 aromatic rings. The third-order valence-electron chi connectivity index (χ3n) is 8.45. The molecule has 0 N–H and O–H groups in total. The first-order valence-electron chi connectivity index (χ1n) is 13.7. The van der Waals surface area contributed by atoms with Gasteiger partial charge in [-0.25, -0.2) is 17.6 Å². The van der Waals surface area contributed by atoms with Gasteiger partial charge in [0.2, 0.25) is 5.82 Å². The maximum Gasteiger partial charge on any atom is 0.254 e. The van der Waals surface area contributed by atoms with Gasteiger partial charge >= 0.3 is 0 Å². The number of hydrogen-bond acceptors (Lipinski definition) is 3. The third-order valence-corrected chi connectivity index (χ3v) is 8.45. The van der Waals surface area contributed by atoms with Crippen molar-refractivity contribution in [1.29, 1.82) is 0 Å². The minimum Gasteiger partial charge on any atom is -0.494 e. The summed E-state index contributed by atoms with van der Waals surface area (Å²) in [6, 6.07) is 7.20. The van der Waals surface area contributed by atoms with Crippen LogP contribution in [0, 0.1) is 35.2 Å². The van der Waals surface area contributed by atoms with Crippen LogP contribution in [0.4, 0.5) is 22.0 Å². The minimum absolute atomic E-state index is 0.0313. The second-order valence-electron chi connectivity index (χ2n) is 10.6. The Hall–Kier alpha value is -2.51. The lowest BCUT2D eigenvalue weighted by Gasteiger charge is -2.39. The number of rotatable bonds is 10. The molecule has 8 heteroatoms. The predicted octanol–water partition coefficient (Wildman–Crippen LogP) is 8.70. The van der Waals surface area contributed by atoms with Gasteiger partial charge in [0.05, 0.1) is 20.3 Å². The van der Waals surface area contributed by atoms with Gasteiger partial charge in [0.25, 0.3) is 5.92 Å². The van der Waals surface area contributed by atoms with Gasteiger partial charge in [-0.2, -0.15) is 4.39 Å². The molecule has 0 atom stereocenters. The summed E-state index contributed by atoms with van der Waals surface area (Å²) in [5.41, 5.74) is 0.403. The van der Waals surface area contributed by atoms with Crippen LogP contribution in [-0.4, -0.2) is 26.2 Å². The van der Waals surface area contributed by atoms with Gasteiger partial charge in [0.15, 0.2) is 23.1 Å². The first-order valence-corrected chi connectivity index (χ1v) is 13.7. The van der Waals surface area contributed by atoms with Crippen LogP contribution in [0.25, 0.3) is 0 Å². The summed E-state index contributed by atoms with van der Waals surface area (Å²) < 4.78 is 87.9. The SMILES string of the molecule is CCOc1ccc(OCCC(F)(F)C2CCC(C3CCC(c4ccc(OC)c(F)c4F)CC3)CC2)cc1F. The van der Waals surface area contributed by atoms with E-state index in [1.54, 1.807) is 13.0 Å². The Morgan fingerprint density at radius 1 is 0.789 bits per heavy atom. The van der Waals surface area contributed by atoms with Crippen molar-refractivity contribution >= 4 is 0 Å². The maximum absolute atomic E-state index is 14.9. The summed E-state index contributed by atoms with van der Waals surface area (Å²) in [6.07, 6.45) is 5.37. The fourth-order valence-corrected chi connectivity index (χ4v) is 6.29. The molecule has 3 nitrogen and oxygen atoms in total. The highest BCUT2D eigenvalue weighted by atomic mass is 19.3. The average Bonchev–Trinajstić information content (AvgIpc) is 2.92. The fourth-order valence-electron chi connectivity index (χ4n) is 6.29. The van der Waals surface area contributed by atoms with E-state index in [2.05, 4.69) is 0 Å². The van der Waals surface area contributed by atoms with Crippen LogP contribution in [0.15, 0.2) is 30.3 Å². The van der Waals surface area contributed by atoms with Crippen LogP contribution in [0.1, 0.15) is 76.2 Å². The van der Waals surface area contributed by atoms with Crippen LogP contribution >= 0.6 is 0 Å². The van der Waals surface area contributed by atoms with E-state index in [-0.39, 0.29) is 29.8 Å². The highest BCUT2D eigenvalue weighted by Gasteiger charge is 2.42. The Morgan fingerprint density at radius 2 is 1.42 bits per heavy atom. The van der Waals surface area contributed by atoms with Crippen LogP contribution in [0.3, 0.4) is 0 Å². The summed E-state index contributed by atoms with van der Waals surface area (Å²) in [5, 5.41) is 0. The number of benzene rings is 2. The summed E-state index contributed by atoms with van der Waals surface area (Å²) in [5.74, 6) is -4.86. The molecule has 38 heavy (non-hydrogen) atoms. The van der Waals surface area contributed by atoms with Gasteiger partial charge in [0.1, 0.15) is 5.75 Å². The number of ether oxygens (including phenoxy) is 3. The van der Waals surface area contributed by atoms with Gasteiger partial charge in [0, 0.05) is 18.4 Å². The van der Waals surface area contributed by atoms with E-state index in [9.17, 15) is 22.0 Å². The van der Waals surface area contributed by atoms with Crippen molar-refractivity contribution in [2.45, 2.75) is 76.6 Å². The minimum atomic E-state index is -2.84. The van der Waals surface area contributed by atoms with Crippen LogP contribution in [0.2, 0.25) is 0 Å². The highest BCUT2D eigenvalue weighted by molar-refractivity contribution is 5.34. The summed E-state index contributed by atoms with van der Waals surface area (Å²) in [6.45, 7) is 1.89. The zero-order chi connectivity index (χ0) is 27.3. The molecule has 0 aliphatic heterocycles. The average molecular weight is 541 g/mol. The normalized spacial score (nSPS) is 24.2. The number of halogens is 5. The Morgan fingerprint density at radius 3 is 2.03 bits per heavy atom. The molecular formula is C30H37F5O3. The van der Waals surface area contributed by atoms with Gasteiger partial charge < -0.3 is 14.2 Å². The lowest BCUT2D eigenvalue weighted by atomic mass is 9.67.